The standard InChI is InChI=1S/C24H20B.C4H12BO4.2Li/c1-5-13-21(14-6-1)25(22-15-7-2-8-16-22,23-17-9-3-10-18-23)24-19-11-4-12-20-24;1-6-5(7-2,8-3)9-4;;/h1-20H;1-4H3;;/q2*-1;2*+1. The molecule has 0 fully saturated rings. The Morgan fingerprint density at radius 2 is 0.556 bits per heavy atom. The molecular weight excluding hydrogens is 436 g/mol. The van der Waals surface area contributed by atoms with Crippen LogP contribution in [0.25, 0.3) is 0 Å². The van der Waals surface area contributed by atoms with Crippen molar-refractivity contribution < 1.29 is 56.3 Å². The van der Waals surface area contributed by atoms with Crippen molar-refractivity contribution in [1.29, 1.82) is 0 Å². The Bertz CT molecular complexity index is 920. The van der Waals surface area contributed by atoms with E-state index in [-0.39, 0.29) is 37.7 Å². The van der Waals surface area contributed by atoms with Crippen LogP contribution in [0, 0.1) is 0 Å². The molecule has 176 valence electrons. The Morgan fingerprint density at radius 3 is 0.694 bits per heavy atom. The number of hydrogen-bond acceptors (Lipinski definition) is 4. The molecule has 0 unspecified atom stereocenters. The summed E-state index contributed by atoms with van der Waals surface area (Å²) in [6.45, 7) is -1.94. The van der Waals surface area contributed by atoms with Gasteiger partial charge in [0.25, 0.3) is 0 Å². The summed E-state index contributed by atoms with van der Waals surface area (Å²) in [5.41, 5.74) is 5.36. The van der Waals surface area contributed by atoms with Gasteiger partial charge >= 0.3 is 44.7 Å². The van der Waals surface area contributed by atoms with Crippen LogP contribution in [0.3, 0.4) is 0 Å². The molecule has 0 aliphatic rings. The van der Waals surface area contributed by atoms with E-state index >= 15 is 0 Å². The molecule has 0 bridgehead atoms. The van der Waals surface area contributed by atoms with Crippen LogP contribution >= 0.6 is 0 Å². The predicted octanol–water partition coefficient (Wildman–Crippen LogP) is -2.92. The quantitative estimate of drug-likeness (QED) is 0.260. The molecule has 0 atom stereocenters. The smallest absolute Gasteiger partial charge is 0.521 e. The molecule has 0 saturated carbocycles. The Morgan fingerprint density at radius 1 is 0.361 bits per heavy atom. The zero-order valence-corrected chi connectivity index (χ0v) is 22.3. The SMILES string of the molecule is CO[B-](OC)(OC)OC.[Li+].[Li+].c1ccc([B-](c2ccccc2)(c2ccccc2)c2ccccc2)cc1. The van der Waals surface area contributed by atoms with Crippen LogP contribution in [-0.4, -0.2) is 41.5 Å². The first-order chi connectivity index (χ1) is 16.7. The molecule has 0 saturated heterocycles. The summed E-state index contributed by atoms with van der Waals surface area (Å²) in [5.74, 6) is 0. The second kappa shape index (κ2) is 16.0. The molecule has 0 spiro atoms. The van der Waals surface area contributed by atoms with E-state index in [0.717, 1.165) is 0 Å². The third-order valence-electron chi connectivity index (χ3n) is 6.35. The summed E-state index contributed by atoms with van der Waals surface area (Å²) >= 11 is 0. The average Bonchev–Trinajstić information content (AvgIpc) is 2.94. The molecule has 8 heteroatoms. The van der Waals surface area contributed by atoms with Gasteiger partial charge < -0.3 is 18.6 Å². The molecule has 4 rings (SSSR count). The third-order valence-corrected chi connectivity index (χ3v) is 6.35. The maximum atomic E-state index is 4.78. The molecule has 0 radical (unpaired) electrons. The first-order valence-electron chi connectivity index (χ1n) is 11.4. The normalized spacial score (nSPS) is 10.8. The van der Waals surface area contributed by atoms with Gasteiger partial charge in [-0.3, -0.25) is 0 Å². The zero-order chi connectivity index (χ0) is 24.3. The van der Waals surface area contributed by atoms with E-state index in [9.17, 15) is 0 Å². The van der Waals surface area contributed by atoms with Gasteiger partial charge in [0.15, 0.2) is 0 Å². The van der Waals surface area contributed by atoms with Gasteiger partial charge in [-0.2, -0.15) is 21.9 Å². The summed E-state index contributed by atoms with van der Waals surface area (Å²) in [6.07, 6.45) is -1.22. The van der Waals surface area contributed by atoms with Crippen LogP contribution in [0.4, 0.5) is 0 Å². The van der Waals surface area contributed by atoms with Gasteiger partial charge in [0.2, 0.25) is 0 Å². The zero-order valence-electron chi connectivity index (χ0n) is 22.3. The minimum absolute atomic E-state index is 0. The van der Waals surface area contributed by atoms with Gasteiger partial charge in [-0.15, -0.1) is 0 Å². The average molecular weight is 468 g/mol. The fourth-order valence-corrected chi connectivity index (χ4v) is 4.70. The van der Waals surface area contributed by atoms with E-state index in [2.05, 4.69) is 121 Å². The van der Waals surface area contributed by atoms with Crippen molar-refractivity contribution in [2.24, 2.45) is 0 Å². The first kappa shape index (κ1) is 32.1. The summed E-state index contributed by atoms with van der Waals surface area (Å²) in [5, 5.41) is 0. The summed E-state index contributed by atoms with van der Waals surface area (Å²) in [7, 11) is 5.82. The van der Waals surface area contributed by atoms with Gasteiger partial charge in [-0.05, 0) is 28.4 Å². The fourth-order valence-electron chi connectivity index (χ4n) is 4.70. The molecule has 36 heavy (non-hydrogen) atoms. The van der Waals surface area contributed by atoms with Gasteiger partial charge in [0.1, 0.15) is 6.15 Å². The summed E-state index contributed by atoms with van der Waals surface area (Å²) in [4.78, 5) is 0. The Kier molecular flexibility index (Phi) is 14.3. The fraction of sp³-hybridized carbons (Fsp3) is 0.143. The maximum Gasteiger partial charge on any atom is 1.00 e. The van der Waals surface area contributed by atoms with Gasteiger partial charge in [0.05, 0.1) is 0 Å². The van der Waals surface area contributed by atoms with Crippen LogP contribution in [0.1, 0.15) is 0 Å². The summed E-state index contributed by atoms with van der Waals surface area (Å²) in [6, 6.07) is 43.5. The minimum Gasteiger partial charge on any atom is -0.521 e. The van der Waals surface area contributed by atoms with Gasteiger partial charge in [0, 0.05) is 0 Å². The van der Waals surface area contributed by atoms with E-state index in [4.69, 9.17) is 18.6 Å². The topological polar surface area (TPSA) is 36.9 Å². The number of hydrogen-bond donors (Lipinski definition) is 0. The second-order valence-corrected chi connectivity index (χ2v) is 8.03. The largest absolute Gasteiger partial charge is 1.00 e. The second-order valence-electron chi connectivity index (χ2n) is 8.03. The van der Waals surface area contributed by atoms with Crippen LogP contribution in [0.5, 0.6) is 0 Å². The van der Waals surface area contributed by atoms with Crippen LogP contribution in [0.2, 0.25) is 0 Å². The summed E-state index contributed by atoms with van der Waals surface area (Å²) < 4.78 is 19.1. The van der Waals surface area contributed by atoms with E-state index in [1.807, 2.05) is 0 Å². The Balaban J connectivity index is 0.000000512. The number of benzene rings is 4. The third kappa shape index (κ3) is 7.08. The van der Waals surface area contributed by atoms with Crippen molar-refractivity contribution in [3.05, 3.63) is 121 Å². The van der Waals surface area contributed by atoms with Gasteiger partial charge in [-0.25, -0.2) is 0 Å². The van der Waals surface area contributed by atoms with Crippen molar-refractivity contribution >= 4 is 35.0 Å². The minimum atomic E-state index is -1.94. The predicted molar refractivity (Wildman–Crippen MR) is 144 cm³/mol. The van der Waals surface area contributed by atoms with Crippen LogP contribution in [-0.2, 0) is 18.6 Å². The molecule has 0 heterocycles. The Hall–Kier alpha value is -1.96. The molecule has 0 aliphatic heterocycles. The monoisotopic (exact) mass is 468 g/mol. The van der Waals surface area contributed by atoms with Crippen molar-refractivity contribution in [3.63, 3.8) is 0 Å². The van der Waals surface area contributed by atoms with Crippen molar-refractivity contribution in [1.82, 2.24) is 0 Å². The van der Waals surface area contributed by atoms with Crippen LogP contribution in [0.15, 0.2) is 121 Å². The molecule has 0 aliphatic carbocycles. The molecule has 4 aromatic rings. The van der Waals surface area contributed by atoms with E-state index in [1.54, 1.807) is 0 Å². The van der Waals surface area contributed by atoms with Gasteiger partial charge in [-0.1, -0.05) is 121 Å². The van der Waals surface area contributed by atoms with Crippen molar-refractivity contribution in [2.45, 2.75) is 0 Å². The molecule has 0 amide bonds. The van der Waals surface area contributed by atoms with Crippen molar-refractivity contribution in [3.8, 4) is 0 Å². The maximum absolute atomic E-state index is 4.78. The molecular formula is C28H32B2Li2O4. The molecule has 4 aromatic carbocycles. The number of rotatable bonds is 8. The molecule has 4 nitrogen and oxygen atoms in total. The van der Waals surface area contributed by atoms with E-state index in [0.29, 0.717) is 0 Å². The molecule has 0 N–H and O–H groups in total. The first-order valence-corrected chi connectivity index (χ1v) is 11.4. The molecule has 0 aromatic heterocycles. The van der Waals surface area contributed by atoms with E-state index in [1.165, 1.54) is 50.3 Å². The Labute approximate surface area is 240 Å². The van der Waals surface area contributed by atoms with Crippen LogP contribution < -0.4 is 59.6 Å². The van der Waals surface area contributed by atoms with Crippen molar-refractivity contribution in [2.75, 3.05) is 28.4 Å². The van der Waals surface area contributed by atoms with E-state index < -0.39 is 13.1 Å².